The number of imidazole rings is 1. The lowest BCUT2D eigenvalue weighted by molar-refractivity contribution is 0.0992. The van der Waals surface area contributed by atoms with Gasteiger partial charge < -0.3 is 4.98 Å². The van der Waals surface area contributed by atoms with E-state index < -0.39 is 0 Å². The molecule has 0 radical (unpaired) electrons. The Labute approximate surface area is 186 Å². The number of rotatable bonds is 6. The van der Waals surface area contributed by atoms with E-state index in [2.05, 4.69) is 24.9 Å². The van der Waals surface area contributed by atoms with Crippen molar-refractivity contribution in [1.29, 1.82) is 0 Å². The molecule has 160 valence electrons. The lowest BCUT2D eigenvalue weighted by Crippen LogP contribution is -2.33. The average Bonchev–Trinajstić information content (AvgIpc) is 3.31. The highest BCUT2D eigenvalue weighted by atomic mass is 16.2. The van der Waals surface area contributed by atoms with Gasteiger partial charge in [0, 0.05) is 29.1 Å². The molecule has 1 atom stereocenters. The van der Waals surface area contributed by atoms with Crippen LogP contribution >= 0.6 is 0 Å². The number of anilines is 1. The molecular formula is C25H24N6O. The summed E-state index contributed by atoms with van der Waals surface area (Å²) in [6, 6.07) is 17.3. The van der Waals surface area contributed by atoms with Crippen LogP contribution in [0.3, 0.4) is 0 Å². The zero-order valence-electron chi connectivity index (χ0n) is 18.2. The first-order chi connectivity index (χ1) is 15.6. The Balaban J connectivity index is 1.71. The maximum Gasteiger partial charge on any atom is 0.262 e. The Hall–Kier alpha value is -4.13. The summed E-state index contributed by atoms with van der Waals surface area (Å²) < 4.78 is 0. The molecule has 32 heavy (non-hydrogen) atoms. The first-order valence-electron chi connectivity index (χ1n) is 10.4. The normalized spacial score (nSPS) is 12.9. The van der Waals surface area contributed by atoms with Crippen molar-refractivity contribution in [3.05, 3.63) is 90.2 Å². The van der Waals surface area contributed by atoms with Gasteiger partial charge in [-0.05, 0) is 37.6 Å². The maximum atomic E-state index is 13.7. The number of fused-ring (bicyclic) bond motifs is 1. The third kappa shape index (κ3) is 4.18. The molecule has 1 N–H and O–H groups in total. The zero-order valence-corrected chi connectivity index (χ0v) is 18.2. The van der Waals surface area contributed by atoms with Gasteiger partial charge >= 0.3 is 0 Å². The molecule has 0 fully saturated rings. The number of allylic oxidation sites excluding steroid dienone is 2. The van der Waals surface area contributed by atoms with E-state index in [1.54, 1.807) is 17.4 Å². The molecule has 1 unspecified atom stereocenters. The van der Waals surface area contributed by atoms with Crippen molar-refractivity contribution in [1.82, 2.24) is 19.9 Å². The summed E-state index contributed by atoms with van der Waals surface area (Å²) in [7, 11) is 0. The number of hydrogen-bond acceptors (Lipinski definition) is 5. The number of carbonyl (C=O) groups excluding carboxylic acids is 1. The molecule has 0 spiro atoms. The Morgan fingerprint density at radius 1 is 1.06 bits per heavy atom. The van der Waals surface area contributed by atoms with Gasteiger partial charge in [0.15, 0.2) is 11.5 Å². The lowest BCUT2D eigenvalue weighted by Gasteiger charge is -2.28. The average molecular weight is 425 g/mol. The second-order valence-electron chi connectivity index (χ2n) is 7.37. The van der Waals surface area contributed by atoms with Gasteiger partial charge in [-0.25, -0.2) is 19.9 Å². The van der Waals surface area contributed by atoms with Crippen LogP contribution in [0.5, 0.6) is 0 Å². The number of hydrogen-bond donors (Lipinski definition) is 1. The topological polar surface area (TPSA) is 87.1 Å². The highest BCUT2D eigenvalue weighted by Crippen LogP contribution is 2.27. The molecular weight excluding hydrogens is 400 g/mol. The van der Waals surface area contributed by atoms with Crippen molar-refractivity contribution in [2.24, 2.45) is 10.9 Å². The molecule has 0 aliphatic rings. The molecule has 7 heteroatoms. The highest BCUT2D eigenvalue weighted by molar-refractivity contribution is 6.09. The van der Waals surface area contributed by atoms with Crippen molar-refractivity contribution in [2.45, 2.75) is 20.8 Å². The number of nitrogens with zero attached hydrogens (tertiary/aromatic N) is 5. The smallest absolute Gasteiger partial charge is 0.262 e. The molecule has 0 aliphatic carbocycles. The summed E-state index contributed by atoms with van der Waals surface area (Å²) in [6.45, 7) is 5.88. The number of para-hydroxylation sites is 1. The standard InChI is InChI=1S/C25H24N6O/c1-4-21(18(3)14-26-23-22-24(28-15-27-22)30-16-29-23)31(19-11-6-5-7-12-19)25(32)20-13-9-8-10-17(20)2/h4-16,18H,1-3H3,(H,27,28,29,30)/b21-4-,26-14?. The van der Waals surface area contributed by atoms with Gasteiger partial charge in [-0.2, -0.15) is 0 Å². The van der Waals surface area contributed by atoms with Crippen LogP contribution in [0.2, 0.25) is 0 Å². The minimum Gasteiger partial charge on any atom is -0.340 e. The van der Waals surface area contributed by atoms with Crippen molar-refractivity contribution < 1.29 is 4.79 Å². The van der Waals surface area contributed by atoms with E-state index in [-0.39, 0.29) is 11.8 Å². The summed E-state index contributed by atoms with van der Waals surface area (Å²) >= 11 is 0. The minimum absolute atomic E-state index is 0.0827. The van der Waals surface area contributed by atoms with Crippen LogP contribution < -0.4 is 4.90 Å². The quantitative estimate of drug-likeness (QED) is 0.428. The number of aliphatic imine (C=N–C) groups is 1. The molecule has 0 bridgehead atoms. The van der Waals surface area contributed by atoms with Gasteiger partial charge in [-0.1, -0.05) is 49.4 Å². The number of H-pyrrole nitrogens is 1. The first-order valence-corrected chi connectivity index (χ1v) is 10.4. The van der Waals surface area contributed by atoms with Crippen molar-refractivity contribution in [3.63, 3.8) is 0 Å². The predicted octanol–water partition coefficient (Wildman–Crippen LogP) is 5.25. The number of benzene rings is 2. The van der Waals surface area contributed by atoms with E-state index in [0.717, 1.165) is 16.9 Å². The second-order valence-corrected chi connectivity index (χ2v) is 7.37. The van der Waals surface area contributed by atoms with Gasteiger partial charge in [0.25, 0.3) is 5.91 Å². The third-order valence-corrected chi connectivity index (χ3v) is 5.24. The molecule has 2 aromatic carbocycles. The fourth-order valence-corrected chi connectivity index (χ4v) is 3.60. The lowest BCUT2D eigenvalue weighted by atomic mass is 10.0. The van der Waals surface area contributed by atoms with E-state index >= 15 is 0 Å². The van der Waals surface area contributed by atoms with Crippen LogP contribution in [0.4, 0.5) is 11.5 Å². The SMILES string of the molecule is C/C=C(/C(C)C=Nc1ncnc2nc[nH]c12)N(C(=O)c1ccccc1C)c1ccccc1. The molecule has 2 heterocycles. The van der Waals surface area contributed by atoms with Crippen LogP contribution in [-0.2, 0) is 0 Å². The highest BCUT2D eigenvalue weighted by Gasteiger charge is 2.25. The van der Waals surface area contributed by atoms with Crippen LogP contribution in [0.15, 0.2) is 84.0 Å². The maximum absolute atomic E-state index is 13.7. The second kappa shape index (κ2) is 9.34. The van der Waals surface area contributed by atoms with E-state index in [1.807, 2.05) is 81.4 Å². The van der Waals surface area contributed by atoms with E-state index in [1.165, 1.54) is 6.33 Å². The van der Waals surface area contributed by atoms with Crippen molar-refractivity contribution >= 4 is 34.8 Å². The molecule has 0 saturated carbocycles. The van der Waals surface area contributed by atoms with Crippen LogP contribution in [0.1, 0.15) is 29.8 Å². The first kappa shape index (κ1) is 21.1. The Kier molecular flexibility index (Phi) is 6.17. The summed E-state index contributed by atoms with van der Waals surface area (Å²) in [6.07, 6.45) is 6.75. The van der Waals surface area contributed by atoms with E-state index in [4.69, 9.17) is 0 Å². The largest absolute Gasteiger partial charge is 0.340 e. The summed E-state index contributed by atoms with van der Waals surface area (Å²) in [4.78, 5) is 35.6. The number of aromatic nitrogens is 4. The fraction of sp³-hybridized carbons (Fsp3) is 0.160. The fourth-order valence-electron chi connectivity index (χ4n) is 3.60. The Bertz CT molecular complexity index is 1290. The minimum atomic E-state index is -0.166. The Morgan fingerprint density at radius 2 is 1.81 bits per heavy atom. The van der Waals surface area contributed by atoms with Crippen molar-refractivity contribution in [2.75, 3.05) is 4.90 Å². The number of aryl methyl sites for hydroxylation is 1. The number of aromatic amines is 1. The van der Waals surface area contributed by atoms with Crippen molar-refractivity contribution in [3.8, 4) is 0 Å². The van der Waals surface area contributed by atoms with Gasteiger partial charge in [-0.15, -0.1) is 0 Å². The predicted molar refractivity (Wildman–Crippen MR) is 127 cm³/mol. The summed E-state index contributed by atoms with van der Waals surface area (Å²) in [5.41, 5.74) is 4.45. The molecule has 7 nitrogen and oxygen atoms in total. The van der Waals surface area contributed by atoms with E-state index in [0.29, 0.717) is 22.5 Å². The molecule has 0 aliphatic heterocycles. The zero-order chi connectivity index (χ0) is 22.5. The van der Waals surface area contributed by atoms with Gasteiger partial charge in [0.1, 0.15) is 11.8 Å². The molecule has 4 rings (SSSR count). The number of nitrogens with one attached hydrogen (secondary N) is 1. The van der Waals surface area contributed by atoms with Gasteiger partial charge in [-0.3, -0.25) is 9.69 Å². The number of amides is 1. The summed E-state index contributed by atoms with van der Waals surface area (Å²) in [5, 5.41) is 0. The van der Waals surface area contributed by atoms with Crippen LogP contribution in [-0.4, -0.2) is 32.1 Å². The summed E-state index contributed by atoms with van der Waals surface area (Å²) in [5.74, 6) is 0.257. The Morgan fingerprint density at radius 3 is 2.56 bits per heavy atom. The third-order valence-electron chi connectivity index (χ3n) is 5.24. The van der Waals surface area contributed by atoms with Crippen LogP contribution in [0.25, 0.3) is 11.2 Å². The molecule has 0 saturated heterocycles. The molecule has 4 aromatic rings. The number of carbonyl (C=O) groups is 1. The molecule has 2 aromatic heterocycles. The van der Waals surface area contributed by atoms with E-state index in [9.17, 15) is 4.79 Å². The van der Waals surface area contributed by atoms with Gasteiger partial charge in [0.2, 0.25) is 0 Å². The van der Waals surface area contributed by atoms with Crippen LogP contribution in [0, 0.1) is 12.8 Å². The molecule has 1 amide bonds. The van der Waals surface area contributed by atoms with Gasteiger partial charge in [0.05, 0.1) is 6.33 Å². The monoisotopic (exact) mass is 424 g/mol.